The van der Waals surface area contributed by atoms with Crippen LogP contribution in [0.15, 0.2) is 84.9 Å². The fourth-order valence-electron chi connectivity index (χ4n) is 4.44. The molecule has 2 aromatic carbocycles. The smallest absolute Gasteiger partial charge is 0.0527 e. The SMILES string of the molecule is CC(C)(C)c1ccc(C(c2ccccc2)c2ccc(C(c3ccccc3)C(C)(C)C)s2)s1. The minimum Gasteiger partial charge on any atom is -0.144 e. The normalized spacial score (nSPS) is 14.3. The van der Waals surface area contributed by atoms with Crippen LogP contribution >= 0.6 is 22.7 Å². The Labute approximate surface area is 202 Å². The molecule has 2 atom stereocenters. The van der Waals surface area contributed by atoms with Gasteiger partial charge in [-0.2, -0.15) is 0 Å². The lowest BCUT2D eigenvalue weighted by molar-refractivity contribution is 0.362. The molecule has 0 nitrogen and oxygen atoms in total. The topological polar surface area (TPSA) is 0 Å². The van der Waals surface area contributed by atoms with Gasteiger partial charge >= 0.3 is 0 Å². The number of thiophene rings is 2. The highest BCUT2D eigenvalue weighted by Crippen LogP contribution is 2.47. The van der Waals surface area contributed by atoms with Crippen molar-refractivity contribution in [1.82, 2.24) is 0 Å². The van der Waals surface area contributed by atoms with Crippen LogP contribution in [0.3, 0.4) is 0 Å². The summed E-state index contributed by atoms with van der Waals surface area (Å²) in [6.07, 6.45) is 0. The van der Waals surface area contributed by atoms with E-state index in [1.54, 1.807) is 0 Å². The molecule has 0 N–H and O–H groups in total. The second-order valence-corrected chi connectivity index (χ2v) is 13.0. The summed E-state index contributed by atoms with van der Waals surface area (Å²) < 4.78 is 0. The van der Waals surface area contributed by atoms with Crippen molar-refractivity contribution in [2.24, 2.45) is 5.41 Å². The molecule has 2 heterocycles. The lowest BCUT2D eigenvalue weighted by atomic mass is 9.75. The molecule has 32 heavy (non-hydrogen) atoms. The first-order chi connectivity index (χ1) is 15.1. The van der Waals surface area contributed by atoms with Crippen molar-refractivity contribution in [3.8, 4) is 0 Å². The molecule has 0 radical (unpaired) electrons. The van der Waals surface area contributed by atoms with Gasteiger partial charge in [-0.1, -0.05) is 102 Å². The fourth-order valence-corrected chi connectivity index (χ4v) is 7.26. The third kappa shape index (κ3) is 4.92. The van der Waals surface area contributed by atoms with E-state index in [4.69, 9.17) is 0 Å². The second-order valence-electron chi connectivity index (χ2n) is 10.7. The van der Waals surface area contributed by atoms with E-state index in [0.717, 1.165) is 0 Å². The van der Waals surface area contributed by atoms with Crippen molar-refractivity contribution in [1.29, 1.82) is 0 Å². The molecule has 0 saturated carbocycles. The summed E-state index contributed by atoms with van der Waals surface area (Å²) in [7, 11) is 0. The van der Waals surface area contributed by atoms with E-state index in [0.29, 0.717) is 5.92 Å². The van der Waals surface area contributed by atoms with Gasteiger partial charge in [-0.25, -0.2) is 0 Å². The van der Waals surface area contributed by atoms with Crippen LogP contribution in [-0.4, -0.2) is 0 Å². The molecule has 0 spiro atoms. The Kier molecular flexibility index (Phi) is 6.47. The van der Waals surface area contributed by atoms with Crippen LogP contribution in [0.2, 0.25) is 0 Å². The zero-order valence-corrected chi connectivity index (χ0v) is 21.7. The van der Waals surface area contributed by atoms with E-state index in [2.05, 4.69) is 126 Å². The highest BCUT2D eigenvalue weighted by molar-refractivity contribution is 7.14. The number of hydrogen-bond acceptors (Lipinski definition) is 2. The Morgan fingerprint density at radius 3 is 1.56 bits per heavy atom. The summed E-state index contributed by atoms with van der Waals surface area (Å²) in [4.78, 5) is 5.76. The van der Waals surface area contributed by atoms with Gasteiger partial charge in [0.25, 0.3) is 0 Å². The van der Waals surface area contributed by atoms with Crippen molar-refractivity contribution >= 4 is 22.7 Å². The molecule has 166 valence electrons. The molecular weight excluding hydrogens is 424 g/mol. The van der Waals surface area contributed by atoms with Gasteiger partial charge in [0, 0.05) is 25.4 Å². The van der Waals surface area contributed by atoms with Gasteiger partial charge in [0.1, 0.15) is 0 Å². The molecule has 0 aliphatic heterocycles. The van der Waals surface area contributed by atoms with Gasteiger partial charge in [-0.3, -0.25) is 0 Å². The van der Waals surface area contributed by atoms with E-state index in [9.17, 15) is 0 Å². The maximum atomic E-state index is 2.37. The number of benzene rings is 2. The number of hydrogen-bond donors (Lipinski definition) is 0. The molecule has 0 aliphatic rings. The van der Waals surface area contributed by atoms with E-state index < -0.39 is 0 Å². The molecule has 0 bridgehead atoms. The summed E-state index contributed by atoms with van der Waals surface area (Å²) in [5.41, 5.74) is 3.09. The van der Waals surface area contributed by atoms with Crippen LogP contribution in [0.4, 0.5) is 0 Å². The van der Waals surface area contributed by atoms with E-state index in [1.807, 2.05) is 22.7 Å². The first-order valence-corrected chi connectivity index (χ1v) is 13.1. The van der Waals surface area contributed by atoms with Gasteiger partial charge in [-0.15, -0.1) is 22.7 Å². The molecule has 2 unspecified atom stereocenters. The van der Waals surface area contributed by atoms with E-state index in [-0.39, 0.29) is 16.7 Å². The van der Waals surface area contributed by atoms with E-state index in [1.165, 1.54) is 30.6 Å². The monoisotopic (exact) mass is 458 g/mol. The third-order valence-corrected chi connectivity index (χ3v) is 8.79. The minimum atomic E-state index is 0.147. The minimum absolute atomic E-state index is 0.147. The molecule has 4 rings (SSSR count). The maximum absolute atomic E-state index is 2.37. The fraction of sp³-hybridized carbons (Fsp3) is 0.333. The zero-order valence-electron chi connectivity index (χ0n) is 20.1. The summed E-state index contributed by atoms with van der Waals surface area (Å²) in [6, 6.07) is 31.4. The van der Waals surface area contributed by atoms with Crippen LogP contribution in [0, 0.1) is 5.41 Å². The van der Waals surface area contributed by atoms with Crippen LogP contribution in [0.5, 0.6) is 0 Å². The van der Waals surface area contributed by atoms with Gasteiger partial charge in [0.05, 0.1) is 5.92 Å². The molecule has 0 aliphatic carbocycles. The van der Waals surface area contributed by atoms with Gasteiger partial charge in [0.15, 0.2) is 0 Å². The number of rotatable bonds is 5. The Hall–Kier alpha value is -2.16. The third-order valence-electron chi connectivity index (χ3n) is 6.00. The first-order valence-electron chi connectivity index (χ1n) is 11.4. The molecular formula is C30H34S2. The van der Waals surface area contributed by atoms with Crippen molar-refractivity contribution in [3.05, 3.63) is 116 Å². The van der Waals surface area contributed by atoms with Crippen molar-refractivity contribution < 1.29 is 0 Å². The Balaban J connectivity index is 1.79. The largest absolute Gasteiger partial charge is 0.144 e. The first kappa shape index (κ1) is 23.0. The molecule has 2 heteroatoms. The van der Waals surface area contributed by atoms with Crippen LogP contribution < -0.4 is 0 Å². The van der Waals surface area contributed by atoms with Gasteiger partial charge < -0.3 is 0 Å². The van der Waals surface area contributed by atoms with Crippen LogP contribution in [0.25, 0.3) is 0 Å². The summed E-state index contributed by atoms with van der Waals surface area (Å²) in [6.45, 7) is 14.0. The quantitative estimate of drug-likeness (QED) is 0.279. The summed E-state index contributed by atoms with van der Waals surface area (Å²) >= 11 is 3.95. The van der Waals surface area contributed by atoms with Crippen LogP contribution in [-0.2, 0) is 5.41 Å². The summed E-state index contributed by atoms with van der Waals surface area (Å²) in [5, 5.41) is 0. The van der Waals surface area contributed by atoms with Crippen molar-refractivity contribution in [2.45, 2.75) is 58.8 Å². The Morgan fingerprint density at radius 1 is 0.531 bits per heavy atom. The highest BCUT2D eigenvalue weighted by Gasteiger charge is 2.31. The van der Waals surface area contributed by atoms with Crippen molar-refractivity contribution in [2.75, 3.05) is 0 Å². The molecule has 0 fully saturated rings. The van der Waals surface area contributed by atoms with Crippen LogP contribution in [0.1, 0.15) is 84.0 Å². The molecule has 0 saturated heterocycles. The van der Waals surface area contributed by atoms with Gasteiger partial charge in [-0.05, 0) is 46.2 Å². The van der Waals surface area contributed by atoms with Crippen molar-refractivity contribution in [3.63, 3.8) is 0 Å². The molecule has 4 aromatic rings. The highest BCUT2D eigenvalue weighted by atomic mass is 32.1. The predicted molar refractivity (Wildman–Crippen MR) is 142 cm³/mol. The average Bonchev–Trinajstić information content (AvgIpc) is 3.40. The standard InChI is InChI=1S/C30H34S2/c1-29(2,3)26-20-19-24(32-26)27(21-13-9-7-10-14-21)23-17-18-25(31-23)28(30(4,5)6)22-15-11-8-12-16-22/h7-20,27-28H,1-6H3. The lowest BCUT2D eigenvalue weighted by Crippen LogP contribution is -2.18. The molecule has 2 aromatic heterocycles. The van der Waals surface area contributed by atoms with E-state index >= 15 is 0 Å². The average molecular weight is 459 g/mol. The zero-order chi connectivity index (χ0) is 22.9. The Morgan fingerprint density at radius 2 is 1.03 bits per heavy atom. The predicted octanol–water partition coefficient (Wildman–Crippen LogP) is 9.47. The maximum Gasteiger partial charge on any atom is 0.0527 e. The lowest BCUT2D eigenvalue weighted by Gasteiger charge is -2.30. The second kappa shape index (κ2) is 9.00. The van der Waals surface area contributed by atoms with Gasteiger partial charge in [0.2, 0.25) is 0 Å². The summed E-state index contributed by atoms with van der Waals surface area (Å²) in [5.74, 6) is 0.666. The molecule has 0 amide bonds. The Bertz CT molecular complexity index is 1130.